The molecule has 2 saturated heterocycles. The van der Waals surface area contributed by atoms with Gasteiger partial charge in [0.25, 0.3) is 0 Å². The normalized spacial score (nSPS) is 26.4. The predicted octanol–water partition coefficient (Wildman–Crippen LogP) is 5.05. The zero-order valence-corrected chi connectivity index (χ0v) is 16.3. The first-order valence-electron chi connectivity index (χ1n) is 9.33. The van der Waals surface area contributed by atoms with Crippen molar-refractivity contribution in [2.75, 3.05) is 19.6 Å². The van der Waals surface area contributed by atoms with Crippen LogP contribution in [0.1, 0.15) is 56.7 Å². The lowest BCUT2D eigenvalue weighted by atomic mass is 9.88. The molecule has 4 rings (SSSR count). The van der Waals surface area contributed by atoms with E-state index in [-0.39, 0.29) is 0 Å². The van der Waals surface area contributed by atoms with Crippen molar-refractivity contribution in [2.45, 2.75) is 51.9 Å². The van der Waals surface area contributed by atoms with Crippen LogP contribution in [0.5, 0.6) is 0 Å². The molecule has 2 aromatic heterocycles. The SMILES string of the molecule is CC(C)CCCc1csc(-c2snnc2[C@H]2CN3CCC[C@H]2C3)c1. The molecule has 1 unspecified atom stereocenters. The third kappa shape index (κ3) is 3.44. The maximum atomic E-state index is 4.58. The van der Waals surface area contributed by atoms with Crippen LogP contribution in [0.4, 0.5) is 0 Å². The van der Waals surface area contributed by atoms with Gasteiger partial charge < -0.3 is 4.90 Å². The van der Waals surface area contributed by atoms with Crippen LogP contribution < -0.4 is 0 Å². The Balaban J connectivity index is 1.50. The van der Waals surface area contributed by atoms with Crippen molar-refractivity contribution in [1.82, 2.24) is 14.5 Å². The Morgan fingerprint density at radius 1 is 1.33 bits per heavy atom. The molecular formula is C19H27N3S2. The molecule has 0 N–H and O–H groups in total. The van der Waals surface area contributed by atoms with Crippen molar-refractivity contribution in [3.05, 3.63) is 22.7 Å². The second-order valence-corrected chi connectivity index (χ2v) is 9.53. The summed E-state index contributed by atoms with van der Waals surface area (Å²) in [6.45, 7) is 8.35. The second-order valence-electron chi connectivity index (χ2n) is 7.86. The minimum absolute atomic E-state index is 0.604. The molecule has 2 bridgehead atoms. The number of fused-ring (bicyclic) bond motifs is 2. The summed E-state index contributed by atoms with van der Waals surface area (Å²) in [5.41, 5.74) is 2.77. The van der Waals surface area contributed by atoms with Crippen LogP contribution in [-0.4, -0.2) is 34.1 Å². The highest BCUT2D eigenvalue weighted by Gasteiger charge is 2.39. The zero-order valence-electron chi connectivity index (χ0n) is 14.7. The molecule has 2 aliphatic heterocycles. The lowest BCUT2D eigenvalue weighted by Crippen LogP contribution is -2.25. The lowest BCUT2D eigenvalue weighted by molar-refractivity contribution is 0.269. The standard InChI is InChI=1S/C19H27N3S2/c1-13(2)5-3-6-14-9-17(23-12-14)19-18(20-21-24-19)16-11-22-8-4-7-15(16)10-22/h9,12-13,15-16H,3-8,10-11H2,1-2H3/t15-,16-/m0/s1. The maximum Gasteiger partial charge on any atom is 0.0889 e. The summed E-state index contributed by atoms with van der Waals surface area (Å²) in [5, 5.41) is 6.92. The van der Waals surface area contributed by atoms with Crippen LogP contribution >= 0.6 is 22.9 Å². The first-order chi connectivity index (χ1) is 11.7. The summed E-state index contributed by atoms with van der Waals surface area (Å²) in [4.78, 5) is 5.35. The molecule has 5 heteroatoms. The Morgan fingerprint density at radius 2 is 2.25 bits per heavy atom. The Bertz CT molecular complexity index is 676. The minimum Gasteiger partial charge on any atom is -0.302 e. The van der Waals surface area contributed by atoms with Gasteiger partial charge in [0.2, 0.25) is 0 Å². The summed E-state index contributed by atoms with van der Waals surface area (Å²) in [5.74, 6) is 2.21. The topological polar surface area (TPSA) is 29.0 Å². The van der Waals surface area contributed by atoms with Crippen LogP contribution in [0.3, 0.4) is 0 Å². The number of hydrogen-bond acceptors (Lipinski definition) is 5. The molecular weight excluding hydrogens is 334 g/mol. The zero-order chi connectivity index (χ0) is 16.5. The van der Waals surface area contributed by atoms with Crippen molar-refractivity contribution in [3.8, 4) is 9.75 Å². The predicted molar refractivity (Wildman–Crippen MR) is 103 cm³/mol. The van der Waals surface area contributed by atoms with Crippen LogP contribution in [-0.2, 0) is 6.42 Å². The average Bonchev–Trinajstić information content (AvgIpc) is 3.26. The fourth-order valence-corrected chi connectivity index (χ4v) is 6.07. The molecule has 4 heterocycles. The van der Waals surface area contributed by atoms with E-state index in [1.807, 2.05) is 11.3 Å². The molecule has 0 amide bonds. The van der Waals surface area contributed by atoms with E-state index in [4.69, 9.17) is 0 Å². The van der Waals surface area contributed by atoms with Crippen LogP contribution in [0, 0.1) is 11.8 Å². The Morgan fingerprint density at radius 3 is 3.08 bits per heavy atom. The van der Waals surface area contributed by atoms with Gasteiger partial charge >= 0.3 is 0 Å². The van der Waals surface area contributed by atoms with Crippen molar-refractivity contribution in [3.63, 3.8) is 0 Å². The molecule has 2 aromatic rings. The van der Waals surface area contributed by atoms with Gasteiger partial charge in [-0.2, -0.15) is 0 Å². The first kappa shape index (κ1) is 16.7. The van der Waals surface area contributed by atoms with Crippen LogP contribution in [0.25, 0.3) is 9.75 Å². The number of nitrogens with zero attached hydrogens (tertiary/aromatic N) is 3. The number of hydrogen-bond donors (Lipinski definition) is 0. The quantitative estimate of drug-likeness (QED) is 0.720. The molecule has 0 spiro atoms. The van der Waals surface area contributed by atoms with Crippen molar-refractivity contribution < 1.29 is 0 Å². The van der Waals surface area contributed by atoms with Gasteiger partial charge in [-0.25, -0.2) is 0 Å². The highest BCUT2D eigenvalue weighted by atomic mass is 32.1. The van der Waals surface area contributed by atoms with Gasteiger partial charge in [0, 0.05) is 23.9 Å². The first-order valence-corrected chi connectivity index (χ1v) is 11.0. The van der Waals surface area contributed by atoms with Gasteiger partial charge in [0.15, 0.2) is 0 Å². The average molecular weight is 362 g/mol. The van der Waals surface area contributed by atoms with Crippen LogP contribution in [0.2, 0.25) is 0 Å². The molecule has 0 aromatic carbocycles. The van der Waals surface area contributed by atoms with E-state index in [2.05, 4.69) is 39.8 Å². The number of piperidine rings is 1. The van der Waals surface area contributed by atoms with Crippen LogP contribution in [0.15, 0.2) is 11.4 Å². The minimum atomic E-state index is 0.604. The summed E-state index contributed by atoms with van der Waals surface area (Å²) in [6.07, 6.45) is 6.53. The van der Waals surface area contributed by atoms with Crippen molar-refractivity contribution in [2.24, 2.45) is 11.8 Å². The lowest BCUT2D eigenvalue weighted by Gasteiger charge is -2.21. The number of thiophene rings is 1. The molecule has 0 saturated carbocycles. The monoisotopic (exact) mass is 361 g/mol. The molecule has 130 valence electrons. The van der Waals surface area contributed by atoms with Gasteiger partial charge in [-0.1, -0.05) is 24.8 Å². The van der Waals surface area contributed by atoms with Gasteiger partial charge in [-0.05, 0) is 72.6 Å². The van der Waals surface area contributed by atoms with Gasteiger partial charge in [0.05, 0.1) is 10.6 Å². The van der Waals surface area contributed by atoms with Gasteiger partial charge in [-0.3, -0.25) is 0 Å². The number of aryl methyl sites for hydroxylation is 1. The van der Waals surface area contributed by atoms with E-state index in [9.17, 15) is 0 Å². The smallest absolute Gasteiger partial charge is 0.0889 e. The van der Waals surface area contributed by atoms with Crippen molar-refractivity contribution in [1.29, 1.82) is 0 Å². The Hall–Kier alpha value is -0.780. The summed E-state index contributed by atoms with van der Waals surface area (Å²) in [6, 6.07) is 2.39. The molecule has 0 aliphatic carbocycles. The Labute approximate surface area is 153 Å². The largest absolute Gasteiger partial charge is 0.302 e. The number of aromatic nitrogens is 2. The Kier molecular flexibility index (Phi) is 5.02. The summed E-state index contributed by atoms with van der Waals surface area (Å²) >= 11 is 3.48. The molecule has 3 atom stereocenters. The molecule has 0 radical (unpaired) electrons. The number of rotatable bonds is 6. The fourth-order valence-electron chi connectivity index (χ4n) is 4.27. The molecule has 2 aliphatic rings. The third-order valence-corrected chi connectivity index (χ3v) is 7.46. The van der Waals surface area contributed by atoms with Crippen molar-refractivity contribution >= 4 is 22.9 Å². The van der Waals surface area contributed by atoms with E-state index < -0.39 is 0 Å². The van der Waals surface area contributed by atoms with Gasteiger partial charge in [0.1, 0.15) is 0 Å². The van der Waals surface area contributed by atoms with E-state index in [0.29, 0.717) is 5.92 Å². The maximum absolute atomic E-state index is 4.58. The highest BCUT2D eigenvalue weighted by molar-refractivity contribution is 7.18. The van der Waals surface area contributed by atoms with E-state index in [1.54, 1.807) is 11.5 Å². The summed E-state index contributed by atoms with van der Waals surface area (Å²) in [7, 11) is 0. The van der Waals surface area contributed by atoms with E-state index in [1.165, 1.54) is 72.8 Å². The third-order valence-electron chi connectivity index (χ3n) is 5.55. The highest BCUT2D eigenvalue weighted by Crippen LogP contribution is 2.43. The fraction of sp³-hybridized carbons (Fsp3) is 0.684. The van der Waals surface area contributed by atoms with Gasteiger partial charge in [-0.15, -0.1) is 16.4 Å². The molecule has 24 heavy (non-hydrogen) atoms. The molecule has 3 nitrogen and oxygen atoms in total. The molecule has 2 fully saturated rings. The van der Waals surface area contributed by atoms with E-state index >= 15 is 0 Å². The second kappa shape index (κ2) is 7.22. The van der Waals surface area contributed by atoms with E-state index in [0.717, 1.165) is 11.8 Å². The summed E-state index contributed by atoms with van der Waals surface area (Å²) < 4.78 is 4.33.